The molecule has 10 heteroatoms. The molecular formula is C32H38O10. The molecule has 3 aliphatic carbocycles. The molecule has 2 aromatic carbocycles. The van der Waals surface area contributed by atoms with Crippen molar-refractivity contribution in [3.05, 3.63) is 51.6 Å². The number of fused-ring (bicyclic) bond motifs is 3. The lowest BCUT2D eigenvalue weighted by atomic mass is 9.71. The zero-order valence-corrected chi connectivity index (χ0v) is 24.5. The van der Waals surface area contributed by atoms with E-state index < -0.39 is 59.7 Å². The van der Waals surface area contributed by atoms with Gasteiger partial charge in [-0.1, -0.05) is 26.0 Å². The Morgan fingerprint density at radius 1 is 1.07 bits per heavy atom. The average molecular weight is 583 g/mol. The van der Waals surface area contributed by atoms with E-state index in [0.29, 0.717) is 12.8 Å². The Labute approximate surface area is 244 Å². The predicted octanol–water partition coefficient (Wildman–Crippen LogP) is 3.06. The van der Waals surface area contributed by atoms with Gasteiger partial charge in [0.25, 0.3) is 0 Å². The number of phenolic OH excluding ortho intramolecular Hbond substituents is 1. The van der Waals surface area contributed by atoms with E-state index in [4.69, 9.17) is 14.2 Å². The number of hydrogen-bond acceptors (Lipinski definition) is 10. The van der Waals surface area contributed by atoms with Gasteiger partial charge in [-0.05, 0) is 44.6 Å². The zero-order valence-electron chi connectivity index (χ0n) is 24.5. The molecular weight excluding hydrogens is 544 g/mol. The van der Waals surface area contributed by atoms with Crippen molar-refractivity contribution in [3.63, 3.8) is 0 Å². The smallest absolute Gasteiger partial charge is 0.202 e. The molecule has 3 aliphatic rings. The van der Waals surface area contributed by atoms with E-state index in [-0.39, 0.29) is 69.6 Å². The van der Waals surface area contributed by atoms with E-state index in [1.807, 2.05) is 13.8 Å². The summed E-state index contributed by atoms with van der Waals surface area (Å²) in [6.07, 6.45) is -2.16. The van der Waals surface area contributed by atoms with Crippen LogP contribution in [-0.4, -0.2) is 75.4 Å². The van der Waals surface area contributed by atoms with Gasteiger partial charge in [-0.15, -0.1) is 0 Å². The molecule has 5 rings (SSSR count). The summed E-state index contributed by atoms with van der Waals surface area (Å²) in [5.41, 5.74) is -2.07. The molecule has 0 spiro atoms. The third-order valence-electron chi connectivity index (χ3n) is 8.86. The van der Waals surface area contributed by atoms with Crippen LogP contribution in [0.25, 0.3) is 0 Å². The minimum atomic E-state index is -2.09. The number of hydrogen-bond donors (Lipinski definition) is 4. The predicted molar refractivity (Wildman–Crippen MR) is 150 cm³/mol. The summed E-state index contributed by atoms with van der Waals surface area (Å²) in [6.45, 7) is 6.36. The van der Waals surface area contributed by atoms with Gasteiger partial charge in [-0.3, -0.25) is 14.4 Å². The monoisotopic (exact) mass is 582 g/mol. The van der Waals surface area contributed by atoms with E-state index in [2.05, 4.69) is 0 Å². The van der Waals surface area contributed by atoms with Crippen LogP contribution in [0.1, 0.15) is 96.0 Å². The van der Waals surface area contributed by atoms with Crippen molar-refractivity contribution in [3.8, 4) is 17.2 Å². The number of carbonyl (C=O) groups excluding carboxylic acids is 3. The van der Waals surface area contributed by atoms with Crippen molar-refractivity contribution < 1.29 is 49.0 Å². The van der Waals surface area contributed by atoms with Gasteiger partial charge in [0.1, 0.15) is 29.5 Å². The Morgan fingerprint density at radius 3 is 2.33 bits per heavy atom. The van der Waals surface area contributed by atoms with E-state index in [0.717, 1.165) is 0 Å². The Morgan fingerprint density at radius 2 is 1.74 bits per heavy atom. The fraction of sp³-hybridized carbons (Fsp3) is 0.531. The van der Waals surface area contributed by atoms with Crippen molar-refractivity contribution in [2.75, 3.05) is 13.7 Å². The van der Waals surface area contributed by atoms with Gasteiger partial charge in [0.15, 0.2) is 11.6 Å². The van der Waals surface area contributed by atoms with E-state index >= 15 is 0 Å². The summed E-state index contributed by atoms with van der Waals surface area (Å²) in [5.74, 6) is -2.52. The highest BCUT2D eigenvalue weighted by Gasteiger charge is 2.50. The third kappa shape index (κ3) is 4.80. The maximum Gasteiger partial charge on any atom is 0.202 e. The highest BCUT2D eigenvalue weighted by molar-refractivity contribution is 6.31. The zero-order chi connectivity index (χ0) is 30.7. The standard InChI is InChI=1S/C32H38O10/c1-14(2)41-31-19-11-32(39,22(34)13-33)12-21(42-17-9-15(3)27(35)16(4)10-17)24(19)30(38)25-26(31)28(36)18-7-6-8-20(40-5)23(18)29(25)37/h6-8,14-17,21,27,33,35,38-39H,9-13H2,1-5H3/t15-,16+,17?,21-,27?,32-/m0/s1. The minimum absolute atomic E-state index is 0.0158. The highest BCUT2D eigenvalue weighted by Crippen LogP contribution is 2.53. The Hall–Kier alpha value is -3.31. The van der Waals surface area contributed by atoms with Crippen LogP contribution >= 0.6 is 0 Å². The molecule has 0 heterocycles. The normalized spacial score (nSPS) is 28.6. The number of aliphatic hydroxyl groups is 3. The number of rotatable bonds is 7. The molecule has 2 unspecified atom stereocenters. The molecule has 6 atom stereocenters. The molecule has 0 radical (unpaired) electrons. The van der Waals surface area contributed by atoms with Gasteiger partial charge >= 0.3 is 0 Å². The first-order valence-corrected chi connectivity index (χ1v) is 14.4. The number of aromatic hydroxyl groups is 1. The lowest BCUT2D eigenvalue weighted by Gasteiger charge is -2.42. The highest BCUT2D eigenvalue weighted by atomic mass is 16.5. The van der Waals surface area contributed by atoms with Gasteiger partial charge in [0.05, 0.1) is 48.2 Å². The van der Waals surface area contributed by atoms with Crippen LogP contribution in [0.5, 0.6) is 17.2 Å². The molecule has 42 heavy (non-hydrogen) atoms. The van der Waals surface area contributed by atoms with Crippen LogP contribution in [0.4, 0.5) is 0 Å². The lowest BCUT2D eigenvalue weighted by molar-refractivity contribution is -0.152. The number of carbonyl (C=O) groups is 3. The quantitative estimate of drug-likeness (QED) is 0.326. The SMILES string of the molecule is COc1cccc2c1C(=O)c1c(O)c3c(c(OC(C)C)c1C2=O)C[C@@](O)(C(=O)CO)C[C@@H]3OC1C[C@@H](C)C(O)[C@@H](C)C1. The second-order valence-electron chi connectivity index (χ2n) is 12.2. The second kappa shape index (κ2) is 11.1. The van der Waals surface area contributed by atoms with Gasteiger partial charge in [-0.25, -0.2) is 0 Å². The number of methoxy groups -OCH3 is 1. The van der Waals surface area contributed by atoms with Gasteiger partial charge in [-0.2, -0.15) is 0 Å². The van der Waals surface area contributed by atoms with Crippen molar-refractivity contribution in [2.45, 2.75) is 83.4 Å². The number of ether oxygens (including phenoxy) is 3. The van der Waals surface area contributed by atoms with Crippen molar-refractivity contribution >= 4 is 17.3 Å². The fourth-order valence-electron chi connectivity index (χ4n) is 6.85. The summed E-state index contributed by atoms with van der Waals surface area (Å²) in [4.78, 5) is 40.9. The second-order valence-corrected chi connectivity index (χ2v) is 12.2. The molecule has 1 fully saturated rings. The van der Waals surface area contributed by atoms with Crippen LogP contribution < -0.4 is 9.47 Å². The van der Waals surface area contributed by atoms with Crippen LogP contribution in [0.15, 0.2) is 18.2 Å². The summed E-state index contributed by atoms with van der Waals surface area (Å²) in [5, 5.41) is 43.6. The maximum atomic E-state index is 14.0. The van der Waals surface area contributed by atoms with Crippen molar-refractivity contribution in [2.24, 2.45) is 11.8 Å². The fourth-order valence-corrected chi connectivity index (χ4v) is 6.85. The summed E-state index contributed by atoms with van der Waals surface area (Å²) in [6, 6.07) is 4.64. The lowest BCUT2D eigenvalue weighted by Crippen LogP contribution is -2.48. The molecule has 2 aromatic rings. The molecule has 226 valence electrons. The Kier molecular flexibility index (Phi) is 7.95. The third-order valence-corrected chi connectivity index (χ3v) is 8.86. The van der Waals surface area contributed by atoms with Crippen LogP contribution in [0.3, 0.4) is 0 Å². The molecule has 10 nitrogen and oxygen atoms in total. The Bertz CT molecular complexity index is 1430. The molecule has 0 aromatic heterocycles. The van der Waals surface area contributed by atoms with Crippen molar-refractivity contribution in [1.29, 1.82) is 0 Å². The average Bonchev–Trinajstić information content (AvgIpc) is 2.94. The summed E-state index contributed by atoms with van der Waals surface area (Å²) in [7, 11) is 1.38. The number of Topliss-reactive ketones (excluding diaryl/α,β-unsaturated/α-hetero) is 1. The Balaban J connectivity index is 1.75. The minimum Gasteiger partial charge on any atom is -0.507 e. The first-order valence-electron chi connectivity index (χ1n) is 14.4. The van der Waals surface area contributed by atoms with Gasteiger partial charge in [0, 0.05) is 29.5 Å². The van der Waals surface area contributed by atoms with Crippen LogP contribution in [-0.2, 0) is 16.0 Å². The number of aliphatic hydroxyl groups excluding tert-OH is 2. The van der Waals surface area contributed by atoms with Gasteiger partial charge < -0.3 is 34.6 Å². The largest absolute Gasteiger partial charge is 0.507 e. The first kappa shape index (κ1) is 30.2. The van der Waals surface area contributed by atoms with Gasteiger partial charge in [0.2, 0.25) is 5.78 Å². The summed E-state index contributed by atoms with van der Waals surface area (Å²) < 4.78 is 18.1. The number of benzene rings is 2. The maximum absolute atomic E-state index is 14.0. The number of ketones is 3. The molecule has 0 saturated heterocycles. The van der Waals surface area contributed by atoms with E-state index in [1.54, 1.807) is 26.0 Å². The first-order chi connectivity index (χ1) is 19.8. The molecule has 0 aliphatic heterocycles. The molecule has 1 saturated carbocycles. The molecule has 0 bridgehead atoms. The van der Waals surface area contributed by atoms with Crippen molar-refractivity contribution in [1.82, 2.24) is 0 Å². The van der Waals surface area contributed by atoms with E-state index in [1.165, 1.54) is 13.2 Å². The molecule has 0 amide bonds. The van der Waals surface area contributed by atoms with E-state index in [9.17, 15) is 34.8 Å². The topological polar surface area (TPSA) is 160 Å². The van der Waals surface area contributed by atoms with Crippen LogP contribution in [0, 0.1) is 11.8 Å². The molecule has 4 N–H and O–H groups in total. The van der Waals surface area contributed by atoms with Crippen LogP contribution in [0.2, 0.25) is 0 Å². The summed E-state index contributed by atoms with van der Waals surface area (Å²) >= 11 is 0. The number of phenols is 1.